The standard InChI is InChI=1S/C10H19NO3/c1-8-3-5-11(7-9(8)12)6-4-10(13)14-2/h8-9,12H,3-7H2,1-2H3. The molecule has 0 amide bonds. The average molecular weight is 201 g/mol. The van der Waals surface area contributed by atoms with E-state index in [1.165, 1.54) is 7.11 Å². The molecule has 4 nitrogen and oxygen atoms in total. The molecule has 1 fully saturated rings. The number of carbonyl (C=O) groups excluding carboxylic acids is 1. The van der Waals surface area contributed by atoms with Crippen molar-refractivity contribution in [1.82, 2.24) is 4.90 Å². The van der Waals surface area contributed by atoms with E-state index in [4.69, 9.17) is 0 Å². The molecule has 1 saturated heterocycles. The van der Waals surface area contributed by atoms with Crippen molar-refractivity contribution in [2.45, 2.75) is 25.9 Å². The van der Waals surface area contributed by atoms with Crippen molar-refractivity contribution in [3.05, 3.63) is 0 Å². The summed E-state index contributed by atoms with van der Waals surface area (Å²) < 4.78 is 4.56. The predicted octanol–water partition coefficient (Wildman–Crippen LogP) is 0.252. The van der Waals surface area contributed by atoms with Crippen LogP contribution in [0.5, 0.6) is 0 Å². The van der Waals surface area contributed by atoms with Gasteiger partial charge in [-0.3, -0.25) is 4.79 Å². The maximum absolute atomic E-state index is 10.9. The van der Waals surface area contributed by atoms with Crippen LogP contribution in [0, 0.1) is 5.92 Å². The number of methoxy groups -OCH3 is 1. The lowest BCUT2D eigenvalue weighted by molar-refractivity contribution is -0.141. The zero-order valence-corrected chi connectivity index (χ0v) is 8.90. The van der Waals surface area contributed by atoms with Crippen LogP contribution >= 0.6 is 0 Å². The minimum atomic E-state index is -0.249. The first-order chi connectivity index (χ1) is 6.63. The number of rotatable bonds is 3. The zero-order valence-electron chi connectivity index (χ0n) is 8.90. The minimum Gasteiger partial charge on any atom is -0.469 e. The first-order valence-electron chi connectivity index (χ1n) is 5.10. The molecule has 82 valence electrons. The highest BCUT2D eigenvalue weighted by Crippen LogP contribution is 2.16. The molecule has 0 aromatic rings. The van der Waals surface area contributed by atoms with Gasteiger partial charge in [0.2, 0.25) is 0 Å². The van der Waals surface area contributed by atoms with Gasteiger partial charge in [0, 0.05) is 13.1 Å². The number of aliphatic hydroxyl groups excluding tert-OH is 1. The highest BCUT2D eigenvalue weighted by Gasteiger charge is 2.24. The molecule has 0 aromatic heterocycles. The second-order valence-electron chi connectivity index (χ2n) is 3.96. The Morgan fingerprint density at radius 3 is 2.93 bits per heavy atom. The van der Waals surface area contributed by atoms with Gasteiger partial charge in [-0.05, 0) is 18.9 Å². The van der Waals surface area contributed by atoms with Crippen molar-refractivity contribution >= 4 is 5.97 Å². The maximum atomic E-state index is 10.9. The molecular weight excluding hydrogens is 182 g/mol. The number of β-amino-alcohol motifs (C(OH)–C–C–N with tert-alkyl or cyclic N) is 1. The number of nitrogens with zero attached hydrogens (tertiary/aromatic N) is 1. The third-order valence-electron chi connectivity index (χ3n) is 2.86. The lowest BCUT2D eigenvalue weighted by atomic mass is 9.96. The van der Waals surface area contributed by atoms with Crippen molar-refractivity contribution in [1.29, 1.82) is 0 Å². The molecule has 14 heavy (non-hydrogen) atoms. The Morgan fingerprint density at radius 1 is 1.64 bits per heavy atom. The van der Waals surface area contributed by atoms with E-state index in [-0.39, 0.29) is 12.1 Å². The van der Waals surface area contributed by atoms with E-state index < -0.39 is 0 Å². The van der Waals surface area contributed by atoms with Gasteiger partial charge in [-0.1, -0.05) is 6.92 Å². The van der Waals surface area contributed by atoms with Gasteiger partial charge in [0.05, 0.1) is 19.6 Å². The molecule has 1 N–H and O–H groups in total. The molecule has 2 unspecified atom stereocenters. The van der Waals surface area contributed by atoms with Crippen LogP contribution < -0.4 is 0 Å². The van der Waals surface area contributed by atoms with Gasteiger partial charge in [0.15, 0.2) is 0 Å². The Labute approximate surface area is 84.8 Å². The van der Waals surface area contributed by atoms with E-state index >= 15 is 0 Å². The summed E-state index contributed by atoms with van der Waals surface area (Å²) >= 11 is 0. The maximum Gasteiger partial charge on any atom is 0.306 e. The lowest BCUT2D eigenvalue weighted by Gasteiger charge is -2.33. The van der Waals surface area contributed by atoms with Gasteiger partial charge < -0.3 is 14.7 Å². The van der Waals surface area contributed by atoms with Crippen LogP contribution in [0.4, 0.5) is 0 Å². The van der Waals surface area contributed by atoms with Gasteiger partial charge in [-0.15, -0.1) is 0 Å². The number of hydrogen-bond donors (Lipinski definition) is 1. The monoisotopic (exact) mass is 201 g/mol. The number of ether oxygens (including phenoxy) is 1. The average Bonchev–Trinajstić information content (AvgIpc) is 2.19. The van der Waals surface area contributed by atoms with Crippen LogP contribution in [0.15, 0.2) is 0 Å². The molecule has 0 aromatic carbocycles. The van der Waals surface area contributed by atoms with Gasteiger partial charge in [-0.25, -0.2) is 0 Å². The van der Waals surface area contributed by atoms with E-state index in [0.717, 1.165) is 13.0 Å². The van der Waals surface area contributed by atoms with Crippen LogP contribution in [0.3, 0.4) is 0 Å². The second kappa shape index (κ2) is 5.32. The molecule has 1 heterocycles. The minimum absolute atomic E-state index is 0.182. The van der Waals surface area contributed by atoms with Crippen LogP contribution in [0.25, 0.3) is 0 Å². The van der Waals surface area contributed by atoms with Crippen LogP contribution in [-0.4, -0.2) is 48.8 Å². The number of carbonyl (C=O) groups is 1. The van der Waals surface area contributed by atoms with E-state index in [1.807, 2.05) is 0 Å². The molecule has 2 atom stereocenters. The molecule has 0 bridgehead atoms. The molecule has 0 saturated carbocycles. The van der Waals surface area contributed by atoms with Crippen molar-refractivity contribution in [3.8, 4) is 0 Å². The predicted molar refractivity (Wildman–Crippen MR) is 52.9 cm³/mol. The van der Waals surface area contributed by atoms with Crippen LogP contribution in [0.2, 0.25) is 0 Å². The summed E-state index contributed by atoms with van der Waals surface area (Å²) in [7, 11) is 1.40. The third kappa shape index (κ3) is 3.27. The highest BCUT2D eigenvalue weighted by molar-refractivity contribution is 5.69. The molecule has 0 spiro atoms. The van der Waals surface area contributed by atoms with E-state index in [9.17, 15) is 9.90 Å². The molecule has 0 radical (unpaired) electrons. The van der Waals surface area contributed by atoms with Crippen molar-refractivity contribution in [3.63, 3.8) is 0 Å². The Bertz CT molecular complexity index is 196. The third-order valence-corrected chi connectivity index (χ3v) is 2.86. The summed E-state index contributed by atoms with van der Waals surface area (Å²) in [5.74, 6) is 0.197. The van der Waals surface area contributed by atoms with E-state index in [2.05, 4.69) is 16.6 Å². The molecular formula is C10H19NO3. The Morgan fingerprint density at radius 2 is 2.36 bits per heavy atom. The van der Waals surface area contributed by atoms with Crippen molar-refractivity contribution in [2.24, 2.45) is 5.92 Å². The van der Waals surface area contributed by atoms with E-state index in [1.54, 1.807) is 0 Å². The van der Waals surface area contributed by atoms with Crippen LogP contribution in [0.1, 0.15) is 19.8 Å². The smallest absolute Gasteiger partial charge is 0.306 e. The largest absolute Gasteiger partial charge is 0.469 e. The van der Waals surface area contributed by atoms with Gasteiger partial charge in [-0.2, -0.15) is 0 Å². The molecule has 1 rings (SSSR count). The van der Waals surface area contributed by atoms with Gasteiger partial charge >= 0.3 is 5.97 Å². The number of esters is 1. The number of hydrogen-bond acceptors (Lipinski definition) is 4. The molecule has 1 aliphatic rings. The Hall–Kier alpha value is -0.610. The fourth-order valence-corrected chi connectivity index (χ4v) is 1.67. The molecule has 0 aliphatic carbocycles. The number of aliphatic hydroxyl groups is 1. The number of piperidine rings is 1. The summed E-state index contributed by atoms with van der Waals surface area (Å²) in [6, 6.07) is 0. The first-order valence-corrected chi connectivity index (χ1v) is 5.10. The number of likely N-dealkylation sites (tertiary alicyclic amines) is 1. The zero-order chi connectivity index (χ0) is 10.6. The Balaban J connectivity index is 2.23. The van der Waals surface area contributed by atoms with Crippen LogP contribution in [-0.2, 0) is 9.53 Å². The fraction of sp³-hybridized carbons (Fsp3) is 0.900. The summed E-state index contributed by atoms with van der Waals surface area (Å²) in [5, 5.41) is 9.61. The summed E-state index contributed by atoms with van der Waals surface area (Å²) in [4.78, 5) is 13.0. The van der Waals surface area contributed by atoms with Crippen molar-refractivity contribution < 1.29 is 14.6 Å². The SMILES string of the molecule is COC(=O)CCN1CCC(C)C(O)C1. The first kappa shape index (κ1) is 11.5. The molecule has 1 aliphatic heterocycles. The van der Waals surface area contributed by atoms with Gasteiger partial charge in [0.25, 0.3) is 0 Å². The summed E-state index contributed by atoms with van der Waals surface area (Å²) in [6.07, 6.45) is 1.17. The van der Waals surface area contributed by atoms with E-state index in [0.29, 0.717) is 25.4 Å². The molecule has 4 heteroatoms. The topological polar surface area (TPSA) is 49.8 Å². The highest BCUT2D eigenvalue weighted by atomic mass is 16.5. The lowest BCUT2D eigenvalue weighted by Crippen LogP contribution is -2.43. The van der Waals surface area contributed by atoms with Crippen molar-refractivity contribution in [2.75, 3.05) is 26.7 Å². The quantitative estimate of drug-likeness (QED) is 0.665. The normalized spacial score (nSPS) is 28.8. The Kier molecular flexibility index (Phi) is 4.35. The van der Waals surface area contributed by atoms with Gasteiger partial charge in [0.1, 0.15) is 0 Å². The summed E-state index contributed by atoms with van der Waals surface area (Å²) in [5.41, 5.74) is 0. The fourth-order valence-electron chi connectivity index (χ4n) is 1.67. The second-order valence-corrected chi connectivity index (χ2v) is 3.96. The summed E-state index contributed by atoms with van der Waals surface area (Å²) in [6.45, 7) is 4.39.